The third-order valence-corrected chi connectivity index (χ3v) is 6.22. The van der Waals surface area contributed by atoms with E-state index in [-0.39, 0.29) is 10.5 Å². The van der Waals surface area contributed by atoms with Gasteiger partial charge in [0.15, 0.2) is 0 Å². The number of anilines is 1. The summed E-state index contributed by atoms with van der Waals surface area (Å²) in [4.78, 5) is 16.8. The normalized spacial score (nSPS) is 11.3. The molecule has 0 saturated carbocycles. The average Bonchev–Trinajstić information content (AvgIpc) is 2.74. The van der Waals surface area contributed by atoms with E-state index in [1.54, 1.807) is 42.6 Å². The van der Waals surface area contributed by atoms with Crippen LogP contribution in [0.1, 0.15) is 10.4 Å². The van der Waals surface area contributed by atoms with Gasteiger partial charge < -0.3 is 5.32 Å². The molecule has 1 aromatic heterocycles. The van der Waals surface area contributed by atoms with Gasteiger partial charge in [-0.3, -0.25) is 9.78 Å². The van der Waals surface area contributed by atoms with E-state index >= 15 is 0 Å². The minimum Gasteiger partial charge on any atom is -0.320 e. The monoisotopic (exact) mass is 406 g/mol. The Hall–Kier alpha value is -3.58. The van der Waals surface area contributed by atoms with Crippen LogP contribution in [-0.4, -0.2) is 19.3 Å². The molecule has 144 valence electrons. The quantitative estimate of drug-likeness (QED) is 0.543. The lowest BCUT2D eigenvalue weighted by molar-refractivity contribution is 0.102. The first-order valence-electron chi connectivity index (χ1n) is 8.71. The van der Waals surface area contributed by atoms with E-state index in [0.29, 0.717) is 11.2 Å². The molecule has 0 radical (unpaired) electrons. The van der Waals surface area contributed by atoms with Crippen LogP contribution in [0.3, 0.4) is 0 Å². The highest BCUT2D eigenvalue weighted by Gasteiger charge is 2.25. The third-order valence-electron chi connectivity index (χ3n) is 4.41. The zero-order valence-corrected chi connectivity index (χ0v) is 15.9. The third kappa shape index (κ3) is 3.60. The molecule has 1 N–H and O–H groups in total. The minimum absolute atomic E-state index is 0.0218. The summed E-state index contributed by atoms with van der Waals surface area (Å²) in [5.41, 5.74) is 0.849. The molecular formula is C22H15FN2O3S. The summed E-state index contributed by atoms with van der Waals surface area (Å²) in [7, 11) is -4.09. The van der Waals surface area contributed by atoms with Crippen molar-refractivity contribution >= 4 is 32.3 Å². The SMILES string of the molecule is O=C(Nc1cccc2cccnc12)c1ccc(F)cc1S(=O)(=O)c1ccccc1. The van der Waals surface area contributed by atoms with Crippen LogP contribution in [-0.2, 0) is 9.84 Å². The number of carbonyl (C=O) groups is 1. The molecular weight excluding hydrogens is 391 g/mol. The van der Waals surface area contributed by atoms with E-state index in [0.717, 1.165) is 17.5 Å². The van der Waals surface area contributed by atoms with Crippen molar-refractivity contribution in [1.29, 1.82) is 0 Å². The number of hydrogen-bond acceptors (Lipinski definition) is 4. The number of amides is 1. The highest BCUT2D eigenvalue weighted by atomic mass is 32.2. The summed E-state index contributed by atoms with van der Waals surface area (Å²) in [5.74, 6) is -1.42. The van der Waals surface area contributed by atoms with Gasteiger partial charge in [-0.2, -0.15) is 0 Å². The maximum absolute atomic E-state index is 13.9. The number of nitrogens with zero attached hydrogens (tertiary/aromatic N) is 1. The summed E-state index contributed by atoms with van der Waals surface area (Å²) in [5, 5.41) is 3.52. The van der Waals surface area contributed by atoms with Crippen LogP contribution in [0.25, 0.3) is 10.9 Å². The maximum Gasteiger partial charge on any atom is 0.257 e. The number of para-hydroxylation sites is 1. The fourth-order valence-corrected chi connectivity index (χ4v) is 4.51. The van der Waals surface area contributed by atoms with Crippen LogP contribution in [0.15, 0.2) is 94.9 Å². The summed E-state index contributed by atoms with van der Waals surface area (Å²) in [6.45, 7) is 0. The van der Waals surface area contributed by atoms with Crippen molar-refractivity contribution < 1.29 is 17.6 Å². The van der Waals surface area contributed by atoms with Crippen molar-refractivity contribution in [2.45, 2.75) is 9.79 Å². The molecule has 0 aliphatic heterocycles. The number of halogens is 1. The van der Waals surface area contributed by atoms with Crippen molar-refractivity contribution in [3.05, 3.63) is 96.4 Å². The fraction of sp³-hybridized carbons (Fsp3) is 0. The van der Waals surface area contributed by atoms with Crippen molar-refractivity contribution in [2.24, 2.45) is 0 Å². The molecule has 3 aromatic carbocycles. The molecule has 0 aliphatic carbocycles. The van der Waals surface area contributed by atoms with Crippen molar-refractivity contribution in [2.75, 3.05) is 5.32 Å². The van der Waals surface area contributed by atoms with Gasteiger partial charge in [0.25, 0.3) is 5.91 Å². The average molecular weight is 406 g/mol. The first-order valence-corrected chi connectivity index (χ1v) is 10.2. The molecule has 1 amide bonds. The Morgan fingerprint density at radius 3 is 2.45 bits per heavy atom. The number of benzene rings is 3. The number of sulfone groups is 1. The highest BCUT2D eigenvalue weighted by Crippen LogP contribution is 2.27. The molecule has 0 unspecified atom stereocenters. The molecule has 0 fully saturated rings. The van der Waals surface area contributed by atoms with Gasteiger partial charge in [-0.1, -0.05) is 36.4 Å². The molecule has 29 heavy (non-hydrogen) atoms. The van der Waals surface area contributed by atoms with Crippen LogP contribution in [0.2, 0.25) is 0 Å². The van der Waals surface area contributed by atoms with E-state index in [1.807, 2.05) is 12.1 Å². The van der Waals surface area contributed by atoms with Crippen LogP contribution in [0, 0.1) is 5.82 Å². The number of fused-ring (bicyclic) bond motifs is 1. The summed E-state index contributed by atoms with van der Waals surface area (Å²) in [6, 6.07) is 19.6. The summed E-state index contributed by atoms with van der Waals surface area (Å²) < 4.78 is 39.9. The number of aromatic nitrogens is 1. The first kappa shape index (κ1) is 18.8. The van der Waals surface area contributed by atoms with E-state index in [9.17, 15) is 17.6 Å². The molecule has 0 atom stereocenters. The number of hydrogen-bond donors (Lipinski definition) is 1. The zero-order chi connectivity index (χ0) is 20.4. The Kier molecular flexibility index (Phi) is 4.82. The van der Waals surface area contributed by atoms with Crippen molar-refractivity contribution in [3.63, 3.8) is 0 Å². The smallest absolute Gasteiger partial charge is 0.257 e. The fourth-order valence-electron chi connectivity index (χ4n) is 3.03. The second kappa shape index (κ2) is 7.44. The molecule has 4 aromatic rings. The molecule has 0 saturated heterocycles. The number of nitrogens with one attached hydrogen (secondary N) is 1. The maximum atomic E-state index is 13.9. The van der Waals surface area contributed by atoms with Gasteiger partial charge in [-0.25, -0.2) is 12.8 Å². The van der Waals surface area contributed by atoms with E-state index in [4.69, 9.17) is 0 Å². The predicted molar refractivity (Wildman–Crippen MR) is 108 cm³/mol. The second-order valence-corrected chi connectivity index (χ2v) is 8.21. The molecule has 7 heteroatoms. The van der Waals surface area contributed by atoms with Gasteiger partial charge in [0.1, 0.15) is 5.82 Å². The van der Waals surface area contributed by atoms with Crippen LogP contribution in [0.5, 0.6) is 0 Å². The topological polar surface area (TPSA) is 76.1 Å². The summed E-state index contributed by atoms with van der Waals surface area (Å²) in [6.07, 6.45) is 1.60. The number of rotatable bonds is 4. The standard InChI is InChI=1S/C22H15FN2O3S/c23-16-11-12-18(20(14-16)29(27,28)17-8-2-1-3-9-17)22(26)25-19-10-4-6-15-7-5-13-24-21(15)19/h1-14H,(H,25,26). The molecule has 4 rings (SSSR count). The molecule has 0 aliphatic rings. The Morgan fingerprint density at radius 1 is 0.897 bits per heavy atom. The van der Waals surface area contributed by atoms with Gasteiger partial charge in [0.2, 0.25) is 9.84 Å². The lowest BCUT2D eigenvalue weighted by Gasteiger charge is -2.12. The first-order chi connectivity index (χ1) is 14.0. The Morgan fingerprint density at radius 2 is 1.66 bits per heavy atom. The van der Waals surface area contributed by atoms with Gasteiger partial charge in [0, 0.05) is 11.6 Å². The van der Waals surface area contributed by atoms with Crippen LogP contribution in [0.4, 0.5) is 10.1 Å². The van der Waals surface area contributed by atoms with Crippen LogP contribution >= 0.6 is 0 Å². The van der Waals surface area contributed by atoms with Gasteiger partial charge in [0.05, 0.1) is 26.6 Å². The van der Waals surface area contributed by atoms with Gasteiger partial charge >= 0.3 is 0 Å². The zero-order valence-electron chi connectivity index (χ0n) is 15.0. The predicted octanol–water partition coefficient (Wildman–Crippen LogP) is 4.46. The Bertz CT molecular complexity index is 1320. The van der Waals surface area contributed by atoms with Crippen LogP contribution < -0.4 is 5.32 Å². The summed E-state index contributed by atoms with van der Waals surface area (Å²) >= 11 is 0. The van der Waals surface area contributed by atoms with E-state index in [2.05, 4.69) is 10.3 Å². The van der Waals surface area contributed by atoms with E-state index < -0.39 is 26.5 Å². The van der Waals surface area contributed by atoms with Crippen molar-refractivity contribution in [3.8, 4) is 0 Å². The number of pyridine rings is 1. The highest BCUT2D eigenvalue weighted by molar-refractivity contribution is 7.91. The van der Waals surface area contributed by atoms with Crippen molar-refractivity contribution in [1.82, 2.24) is 4.98 Å². The second-order valence-electron chi connectivity index (χ2n) is 6.29. The van der Waals surface area contributed by atoms with Gasteiger partial charge in [-0.15, -0.1) is 0 Å². The molecule has 5 nitrogen and oxygen atoms in total. The number of carbonyl (C=O) groups excluding carboxylic acids is 1. The Balaban J connectivity index is 1.79. The Labute approximate surface area is 166 Å². The lowest BCUT2D eigenvalue weighted by atomic mass is 10.1. The van der Waals surface area contributed by atoms with E-state index in [1.165, 1.54) is 18.2 Å². The largest absolute Gasteiger partial charge is 0.320 e. The molecule has 0 spiro atoms. The molecule has 1 heterocycles. The lowest BCUT2D eigenvalue weighted by Crippen LogP contribution is -2.17. The molecule has 0 bridgehead atoms. The van der Waals surface area contributed by atoms with Gasteiger partial charge in [-0.05, 0) is 42.5 Å². The minimum atomic E-state index is -4.09.